The van der Waals surface area contributed by atoms with Gasteiger partial charge in [0.15, 0.2) is 11.7 Å². The number of amides is 1. The molecule has 7 heteroatoms. The fourth-order valence-electron chi connectivity index (χ4n) is 2.34. The average molecular weight is 496 g/mol. The van der Waals surface area contributed by atoms with E-state index in [2.05, 4.69) is 49.1 Å². The van der Waals surface area contributed by atoms with Crippen LogP contribution < -0.4 is 10.1 Å². The van der Waals surface area contributed by atoms with Crippen molar-refractivity contribution < 1.29 is 9.53 Å². The summed E-state index contributed by atoms with van der Waals surface area (Å²) in [6.07, 6.45) is 0.855. The molecular weight excluding hydrogens is 480 g/mol. The summed E-state index contributed by atoms with van der Waals surface area (Å²) in [5, 5.41) is 3.41. The van der Waals surface area contributed by atoms with Crippen LogP contribution in [-0.2, 0) is 11.2 Å². The van der Waals surface area contributed by atoms with E-state index >= 15 is 0 Å². The van der Waals surface area contributed by atoms with E-state index in [9.17, 15) is 4.79 Å². The van der Waals surface area contributed by atoms with Crippen LogP contribution in [0.3, 0.4) is 0 Å². The third-order valence-electron chi connectivity index (χ3n) is 3.55. The predicted molar refractivity (Wildman–Crippen MR) is 113 cm³/mol. The number of hydrogen-bond acceptors (Lipinski definition) is 4. The minimum atomic E-state index is -0.233. The smallest absolute Gasteiger partial charge is 0.264 e. The van der Waals surface area contributed by atoms with Crippen LogP contribution in [0.1, 0.15) is 11.8 Å². The first-order valence-electron chi connectivity index (χ1n) is 7.99. The zero-order valence-corrected chi connectivity index (χ0v) is 17.9. The third kappa shape index (κ3) is 4.93. The van der Waals surface area contributed by atoms with E-state index in [4.69, 9.17) is 4.74 Å². The molecule has 0 aliphatic heterocycles. The van der Waals surface area contributed by atoms with Crippen LogP contribution in [0.25, 0.3) is 11.3 Å². The molecule has 3 aromatic rings. The van der Waals surface area contributed by atoms with Gasteiger partial charge in [-0.1, -0.05) is 57.0 Å². The molecule has 134 valence electrons. The molecule has 1 heterocycles. The Balaban J connectivity index is 1.67. The lowest BCUT2D eigenvalue weighted by Crippen LogP contribution is -2.20. The van der Waals surface area contributed by atoms with E-state index in [0.29, 0.717) is 10.9 Å². The first kappa shape index (κ1) is 19.1. The van der Waals surface area contributed by atoms with Crippen LogP contribution in [0.2, 0.25) is 0 Å². The zero-order chi connectivity index (χ0) is 18.5. The minimum absolute atomic E-state index is 0.0644. The first-order valence-corrected chi connectivity index (χ1v) is 10.4. The predicted octanol–water partition coefficient (Wildman–Crippen LogP) is 5.92. The summed E-state index contributed by atoms with van der Waals surface area (Å²) in [5.41, 5.74) is 1.94. The van der Waals surface area contributed by atoms with Crippen molar-refractivity contribution in [3.05, 3.63) is 62.4 Å². The minimum Gasteiger partial charge on any atom is -0.484 e. The van der Waals surface area contributed by atoms with Crippen molar-refractivity contribution >= 4 is 54.2 Å². The summed E-state index contributed by atoms with van der Waals surface area (Å²) in [5.74, 6) is 0.405. The number of aryl methyl sites for hydroxylation is 1. The second-order valence-corrected chi connectivity index (χ2v) is 8.36. The van der Waals surface area contributed by atoms with Gasteiger partial charge < -0.3 is 4.74 Å². The Bertz CT molecular complexity index is 910. The highest BCUT2D eigenvalue weighted by Gasteiger charge is 2.14. The van der Waals surface area contributed by atoms with E-state index in [1.54, 1.807) is 0 Å². The third-order valence-corrected chi connectivity index (χ3v) is 5.69. The number of rotatable bonds is 6. The number of nitrogens with one attached hydrogen (secondary N) is 1. The Morgan fingerprint density at radius 3 is 2.62 bits per heavy atom. The average Bonchev–Trinajstić information content (AvgIpc) is 3.03. The van der Waals surface area contributed by atoms with Crippen LogP contribution in [0.15, 0.2) is 57.5 Å². The number of halogens is 2. The van der Waals surface area contributed by atoms with Crippen molar-refractivity contribution in [2.45, 2.75) is 13.3 Å². The van der Waals surface area contributed by atoms with Crippen molar-refractivity contribution in [1.29, 1.82) is 0 Å². The van der Waals surface area contributed by atoms with Crippen molar-refractivity contribution in [2.75, 3.05) is 11.9 Å². The summed E-state index contributed by atoms with van der Waals surface area (Å²) in [6.45, 7) is 2.02. The monoisotopic (exact) mass is 494 g/mol. The number of benzene rings is 2. The highest BCUT2D eigenvalue weighted by Crippen LogP contribution is 2.32. The number of hydrogen-bond donors (Lipinski definition) is 1. The Kier molecular flexibility index (Phi) is 6.45. The Morgan fingerprint density at radius 1 is 1.15 bits per heavy atom. The number of carbonyl (C=O) groups is 1. The fourth-order valence-corrected chi connectivity index (χ4v) is 3.92. The Hall–Kier alpha value is -1.70. The van der Waals surface area contributed by atoms with Crippen LogP contribution in [-0.4, -0.2) is 17.5 Å². The molecule has 0 saturated carbocycles. The lowest BCUT2D eigenvalue weighted by Gasteiger charge is -2.06. The van der Waals surface area contributed by atoms with Gasteiger partial charge in [-0.2, -0.15) is 0 Å². The summed E-state index contributed by atoms with van der Waals surface area (Å²) in [7, 11) is 0. The van der Waals surface area contributed by atoms with Crippen molar-refractivity contribution in [2.24, 2.45) is 0 Å². The van der Waals surface area contributed by atoms with E-state index in [1.807, 2.05) is 48.5 Å². The molecule has 1 aromatic heterocycles. The maximum atomic E-state index is 12.2. The summed E-state index contributed by atoms with van der Waals surface area (Å²) in [4.78, 5) is 17.9. The molecule has 2 aromatic carbocycles. The van der Waals surface area contributed by atoms with Gasteiger partial charge in [0.25, 0.3) is 5.91 Å². The summed E-state index contributed by atoms with van der Waals surface area (Å²) < 4.78 is 7.44. The van der Waals surface area contributed by atoms with Gasteiger partial charge in [-0.3, -0.25) is 10.1 Å². The normalized spacial score (nSPS) is 10.6. The van der Waals surface area contributed by atoms with E-state index < -0.39 is 0 Å². The van der Waals surface area contributed by atoms with Crippen LogP contribution in [0, 0.1) is 0 Å². The summed E-state index contributed by atoms with van der Waals surface area (Å²) in [6, 6.07) is 15.4. The molecule has 0 bridgehead atoms. The molecule has 4 nitrogen and oxygen atoms in total. The van der Waals surface area contributed by atoms with E-state index in [1.165, 1.54) is 11.3 Å². The van der Waals surface area contributed by atoms with Gasteiger partial charge in [0, 0.05) is 19.4 Å². The topological polar surface area (TPSA) is 51.2 Å². The number of aromatic nitrogens is 1. The molecule has 1 N–H and O–H groups in total. The summed E-state index contributed by atoms with van der Waals surface area (Å²) >= 11 is 8.31. The van der Waals surface area contributed by atoms with Gasteiger partial charge in [-0.25, -0.2) is 4.98 Å². The SMILES string of the molecule is CCc1sc(NC(=O)COc2cccc(Br)c2)nc1-c1ccc(Br)cc1. The molecule has 1 amide bonds. The Morgan fingerprint density at radius 2 is 1.92 bits per heavy atom. The molecular formula is C19H16Br2N2O2S. The van der Waals surface area contributed by atoms with Gasteiger partial charge in [0.05, 0.1) is 5.69 Å². The molecule has 26 heavy (non-hydrogen) atoms. The number of anilines is 1. The number of thiazole rings is 1. The maximum absolute atomic E-state index is 12.2. The van der Waals surface area contributed by atoms with Crippen molar-refractivity contribution in [3.63, 3.8) is 0 Å². The van der Waals surface area contributed by atoms with E-state index in [-0.39, 0.29) is 12.5 Å². The van der Waals surface area contributed by atoms with Gasteiger partial charge in [-0.05, 0) is 36.8 Å². The lowest BCUT2D eigenvalue weighted by atomic mass is 10.1. The highest BCUT2D eigenvalue weighted by atomic mass is 79.9. The number of carbonyl (C=O) groups excluding carboxylic acids is 1. The molecule has 0 unspecified atom stereocenters. The second kappa shape index (κ2) is 8.79. The van der Waals surface area contributed by atoms with E-state index in [0.717, 1.165) is 31.5 Å². The number of nitrogens with zero attached hydrogens (tertiary/aromatic N) is 1. The lowest BCUT2D eigenvalue weighted by molar-refractivity contribution is -0.118. The Labute approximate surface area is 172 Å². The van der Waals surface area contributed by atoms with Crippen LogP contribution in [0.5, 0.6) is 5.75 Å². The number of ether oxygens (including phenoxy) is 1. The highest BCUT2D eigenvalue weighted by molar-refractivity contribution is 9.10. The second-order valence-electron chi connectivity index (χ2n) is 5.45. The largest absolute Gasteiger partial charge is 0.484 e. The van der Waals surface area contributed by atoms with Gasteiger partial charge >= 0.3 is 0 Å². The van der Waals surface area contributed by atoms with Crippen molar-refractivity contribution in [3.8, 4) is 17.0 Å². The first-order chi connectivity index (χ1) is 12.5. The molecule has 3 rings (SSSR count). The molecule has 0 aliphatic carbocycles. The van der Waals surface area contributed by atoms with Crippen LogP contribution in [0.4, 0.5) is 5.13 Å². The molecule has 0 fully saturated rings. The van der Waals surface area contributed by atoms with Crippen LogP contribution >= 0.6 is 43.2 Å². The standard InChI is InChI=1S/C19H16Br2N2O2S/c1-2-16-18(12-6-8-13(20)9-7-12)23-19(26-16)22-17(24)11-25-15-5-3-4-14(21)10-15/h3-10H,2,11H2,1H3,(H,22,23,24). The van der Waals surface area contributed by atoms with Crippen molar-refractivity contribution in [1.82, 2.24) is 4.98 Å². The fraction of sp³-hybridized carbons (Fsp3) is 0.158. The molecule has 0 radical (unpaired) electrons. The molecule has 0 aliphatic rings. The maximum Gasteiger partial charge on any atom is 0.264 e. The molecule has 0 saturated heterocycles. The molecule has 0 spiro atoms. The van der Waals surface area contributed by atoms with Gasteiger partial charge in [0.2, 0.25) is 0 Å². The van der Waals surface area contributed by atoms with Gasteiger partial charge in [0.1, 0.15) is 5.75 Å². The van der Waals surface area contributed by atoms with Gasteiger partial charge in [-0.15, -0.1) is 11.3 Å². The quantitative estimate of drug-likeness (QED) is 0.462. The molecule has 0 atom stereocenters. The zero-order valence-electron chi connectivity index (χ0n) is 14.0.